The molecule has 4 saturated carbocycles. The van der Waals surface area contributed by atoms with Gasteiger partial charge in [0.25, 0.3) is 0 Å². The highest BCUT2D eigenvalue weighted by atomic mass is 16.2. The van der Waals surface area contributed by atoms with Gasteiger partial charge in [-0.05, 0) is 60.8 Å². The number of carbonyl (C=O) groups excluding carboxylic acids is 1. The second-order valence-electron chi connectivity index (χ2n) is 8.12. The summed E-state index contributed by atoms with van der Waals surface area (Å²) in [6.07, 6.45) is 7.03. The Morgan fingerprint density at radius 3 is 2.45 bits per heavy atom. The summed E-state index contributed by atoms with van der Waals surface area (Å²) in [5.74, 6) is 0.927. The van der Waals surface area contributed by atoms with E-state index in [1.807, 2.05) is 0 Å². The molecule has 0 aromatic heterocycles. The minimum atomic E-state index is -0.153. The van der Waals surface area contributed by atoms with E-state index in [0.29, 0.717) is 23.9 Å². The quantitative estimate of drug-likeness (QED) is 0.363. The standard InChI is InChI=1S/C15H24N4O/c1-13-5-11-6-14(2,8-13)10-15(7-11,9-13)12(20)17-3-4-18-19-16/h11H,3-10H2,1-2H3,(H,17,20). The van der Waals surface area contributed by atoms with Crippen molar-refractivity contribution < 1.29 is 4.79 Å². The molecule has 2 unspecified atom stereocenters. The molecule has 110 valence electrons. The predicted octanol–water partition coefficient (Wildman–Crippen LogP) is 3.41. The highest BCUT2D eigenvalue weighted by Gasteiger charge is 2.62. The van der Waals surface area contributed by atoms with Crippen molar-refractivity contribution in [3.63, 3.8) is 0 Å². The van der Waals surface area contributed by atoms with Crippen LogP contribution in [0.25, 0.3) is 10.4 Å². The van der Waals surface area contributed by atoms with Crippen LogP contribution < -0.4 is 5.32 Å². The fraction of sp³-hybridized carbons (Fsp3) is 0.933. The number of rotatable bonds is 4. The maximum atomic E-state index is 12.7. The molecule has 0 saturated heterocycles. The Kier molecular flexibility index (Phi) is 3.02. The molecule has 1 N–H and O–H groups in total. The van der Waals surface area contributed by atoms with Gasteiger partial charge in [-0.15, -0.1) is 0 Å². The molecular weight excluding hydrogens is 252 g/mol. The molecule has 4 aliphatic carbocycles. The molecule has 4 fully saturated rings. The molecule has 5 heteroatoms. The normalized spacial score (nSPS) is 45.0. The predicted molar refractivity (Wildman–Crippen MR) is 76.9 cm³/mol. The first-order chi connectivity index (χ1) is 9.39. The summed E-state index contributed by atoms with van der Waals surface area (Å²) in [7, 11) is 0. The van der Waals surface area contributed by atoms with E-state index in [1.165, 1.54) is 19.3 Å². The number of nitrogens with zero attached hydrogens (tertiary/aromatic N) is 3. The molecule has 0 aromatic rings. The van der Waals surface area contributed by atoms with Gasteiger partial charge in [0.15, 0.2) is 0 Å². The van der Waals surface area contributed by atoms with Crippen LogP contribution in [0.15, 0.2) is 5.11 Å². The molecule has 4 bridgehead atoms. The summed E-state index contributed by atoms with van der Waals surface area (Å²) in [5.41, 5.74) is 8.84. The number of hydrogen-bond donors (Lipinski definition) is 1. The lowest BCUT2D eigenvalue weighted by molar-refractivity contribution is -0.170. The van der Waals surface area contributed by atoms with Crippen molar-refractivity contribution in [1.82, 2.24) is 5.32 Å². The highest BCUT2D eigenvalue weighted by Crippen LogP contribution is 2.69. The summed E-state index contributed by atoms with van der Waals surface area (Å²) in [6, 6.07) is 0. The van der Waals surface area contributed by atoms with E-state index in [9.17, 15) is 4.79 Å². The summed E-state index contributed by atoms with van der Waals surface area (Å²) in [6.45, 7) is 5.55. The smallest absolute Gasteiger partial charge is 0.226 e. The lowest BCUT2D eigenvalue weighted by atomic mass is 9.40. The van der Waals surface area contributed by atoms with Gasteiger partial charge < -0.3 is 5.32 Å². The summed E-state index contributed by atoms with van der Waals surface area (Å²) in [4.78, 5) is 15.4. The second-order valence-corrected chi connectivity index (χ2v) is 8.12. The number of carbonyl (C=O) groups is 1. The zero-order valence-corrected chi connectivity index (χ0v) is 12.5. The Balaban J connectivity index is 1.75. The van der Waals surface area contributed by atoms with E-state index in [-0.39, 0.29) is 11.3 Å². The van der Waals surface area contributed by atoms with Gasteiger partial charge in [0.05, 0.1) is 5.41 Å². The van der Waals surface area contributed by atoms with Crippen molar-refractivity contribution in [3.8, 4) is 0 Å². The third-order valence-electron chi connectivity index (χ3n) is 5.67. The molecule has 4 rings (SSSR count). The molecule has 0 spiro atoms. The van der Waals surface area contributed by atoms with Crippen LogP contribution in [-0.2, 0) is 4.79 Å². The Bertz CT molecular complexity index is 464. The van der Waals surface area contributed by atoms with E-state index in [0.717, 1.165) is 25.2 Å². The van der Waals surface area contributed by atoms with Crippen LogP contribution in [0.4, 0.5) is 0 Å². The number of hydrogen-bond acceptors (Lipinski definition) is 2. The third kappa shape index (κ3) is 2.18. The maximum absolute atomic E-state index is 12.7. The third-order valence-corrected chi connectivity index (χ3v) is 5.67. The van der Waals surface area contributed by atoms with E-state index < -0.39 is 0 Å². The van der Waals surface area contributed by atoms with Crippen LogP contribution in [0.1, 0.15) is 52.4 Å². The van der Waals surface area contributed by atoms with Crippen molar-refractivity contribution in [2.24, 2.45) is 27.3 Å². The van der Waals surface area contributed by atoms with Crippen LogP contribution in [-0.4, -0.2) is 19.0 Å². The van der Waals surface area contributed by atoms with Gasteiger partial charge >= 0.3 is 0 Å². The van der Waals surface area contributed by atoms with Crippen molar-refractivity contribution >= 4 is 5.91 Å². The SMILES string of the molecule is CC12CC3CC(C)(C1)CC(C(=O)NCCN=[N+]=[N-])(C3)C2. The van der Waals surface area contributed by atoms with Gasteiger partial charge in [0.1, 0.15) is 0 Å². The first-order valence-electron chi connectivity index (χ1n) is 7.68. The minimum absolute atomic E-state index is 0.153. The Morgan fingerprint density at radius 1 is 1.25 bits per heavy atom. The lowest BCUT2D eigenvalue weighted by Gasteiger charge is -2.64. The molecule has 0 heterocycles. The Morgan fingerprint density at radius 2 is 1.90 bits per heavy atom. The van der Waals surface area contributed by atoms with Crippen molar-refractivity contribution in [1.29, 1.82) is 0 Å². The average molecular weight is 276 g/mol. The average Bonchev–Trinajstić information content (AvgIpc) is 2.29. The summed E-state index contributed by atoms with van der Waals surface area (Å²) < 4.78 is 0. The van der Waals surface area contributed by atoms with Gasteiger partial charge in [0, 0.05) is 18.0 Å². The van der Waals surface area contributed by atoms with Gasteiger partial charge in [-0.2, -0.15) is 0 Å². The molecular formula is C15H24N4O. The van der Waals surface area contributed by atoms with Gasteiger partial charge in [-0.3, -0.25) is 4.79 Å². The fourth-order valence-electron chi connectivity index (χ4n) is 6.15. The van der Waals surface area contributed by atoms with Crippen LogP contribution >= 0.6 is 0 Å². The highest BCUT2D eigenvalue weighted by molar-refractivity contribution is 5.83. The molecule has 2 atom stereocenters. The Hall–Kier alpha value is -1.22. The first-order valence-corrected chi connectivity index (χ1v) is 7.68. The number of azide groups is 1. The molecule has 20 heavy (non-hydrogen) atoms. The Labute approximate surface area is 120 Å². The van der Waals surface area contributed by atoms with Crippen LogP contribution in [0.2, 0.25) is 0 Å². The van der Waals surface area contributed by atoms with Crippen LogP contribution in [0, 0.1) is 22.2 Å². The van der Waals surface area contributed by atoms with Gasteiger partial charge in [0.2, 0.25) is 5.91 Å². The zero-order valence-electron chi connectivity index (χ0n) is 12.5. The topological polar surface area (TPSA) is 77.9 Å². The second kappa shape index (κ2) is 4.39. The molecule has 0 aromatic carbocycles. The van der Waals surface area contributed by atoms with E-state index in [4.69, 9.17) is 5.53 Å². The molecule has 5 nitrogen and oxygen atoms in total. The summed E-state index contributed by atoms with van der Waals surface area (Å²) >= 11 is 0. The van der Waals surface area contributed by atoms with Crippen LogP contribution in [0.3, 0.4) is 0 Å². The lowest BCUT2D eigenvalue weighted by Crippen LogP contribution is -2.60. The van der Waals surface area contributed by atoms with Crippen LogP contribution in [0.5, 0.6) is 0 Å². The van der Waals surface area contributed by atoms with E-state index >= 15 is 0 Å². The molecule has 0 radical (unpaired) electrons. The van der Waals surface area contributed by atoms with Gasteiger partial charge in [-0.25, -0.2) is 0 Å². The molecule has 0 aliphatic heterocycles. The number of amides is 1. The van der Waals surface area contributed by atoms with E-state index in [2.05, 4.69) is 29.2 Å². The largest absolute Gasteiger partial charge is 0.355 e. The monoisotopic (exact) mass is 276 g/mol. The number of nitrogens with one attached hydrogen (secondary N) is 1. The maximum Gasteiger partial charge on any atom is 0.226 e. The van der Waals surface area contributed by atoms with E-state index in [1.54, 1.807) is 0 Å². The molecule has 1 amide bonds. The zero-order chi connectivity index (χ0) is 14.4. The van der Waals surface area contributed by atoms with Crippen molar-refractivity contribution in [2.75, 3.05) is 13.1 Å². The molecule has 4 aliphatic rings. The fourth-order valence-corrected chi connectivity index (χ4v) is 6.15. The summed E-state index contributed by atoms with van der Waals surface area (Å²) in [5, 5.41) is 6.49. The minimum Gasteiger partial charge on any atom is -0.355 e. The first kappa shape index (κ1) is 13.7. The van der Waals surface area contributed by atoms with Crippen molar-refractivity contribution in [2.45, 2.75) is 52.4 Å². The van der Waals surface area contributed by atoms with Gasteiger partial charge in [-0.1, -0.05) is 19.0 Å². The van der Waals surface area contributed by atoms with Crippen molar-refractivity contribution in [3.05, 3.63) is 10.4 Å².